The lowest BCUT2D eigenvalue weighted by atomic mass is 9.89. The summed E-state index contributed by atoms with van der Waals surface area (Å²) in [6, 6.07) is 4.14. The fourth-order valence-electron chi connectivity index (χ4n) is 5.54. The van der Waals surface area contributed by atoms with Crippen LogP contribution < -0.4 is 10.2 Å². The molecule has 1 N–H and O–H groups in total. The fourth-order valence-corrected chi connectivity index (χ4v) is 5.54. The summed E-state index contributed by atoms with van der Waals surface area (Å²) in [7, 11) is 0. The van der Waals surface area contributed by atoms with Gasteiger partial charge in [-0.15, -0.1) is 0 Å². The third kappa shape index (κ3) is 4.68. The van der Waals surface area contributed by atoms with Gasteiger partial charge in [0, 0.05) is 32.6 Å². The minimum absolute atomic E-state index is 0.0724. The van der Waals surface area contributed by atoms with Crippen LogP contribution in [-0.4, -0.2) is 89.6 Å². The van der Waals surface area contributed by atoms with Gasteiger partial charge in [0.2, 0.25) is 11.8 Å². The first-order valence-corrected chi connectivity index (χ1v) is 12.7. The van der Waals surface area contributed by atoms with Crippen molar-refractivity contribution in [1.29, 1.82) is 0 Å². The zero-order chi connectivity index (χ0) is 26.5. The Hall–Kier alpha value is -3.47. The van der Waals surface area contributed by atoms with Crippen LogP contribution in [0.5, 0.6) is 0 Å². The first-order valence-electron chi connectivity index (χ1n) is 12.7. The molecule has 1 aromatic rings. The molecule has 11 nitrogen and oxygen atoms in total. The molecule has 1 spiro atoms. The van der Waals surface area contributed by atoms with Crippen molar-refractivity contribution in [3.8, 4) is 0 Å². The molecular weight excluding hydrogens is 480 g/mol. The SMILES string of the molecule is CC(C)(C)OC(=O)N1CCC2(CC1)CN(c1cccc3c1C(=O)N(C1CCC(=O)NC1=O)C3=O)CCO2. The molecule has 0 saturated carbocycles. The van der Waals surface area contributed by atoms with E-state index in [2.05, 4.69) is 10.2 Å². The molecule has 0 aliphatic carbocycles. The van der Waals surface area contributed by atoms with Crippen LogP contribution in [0.4, 0.5) is 10.5 Å². The quantitative estimate of drug-likeness (QED) is 0.594. The van der Waals surface area contributed by atoms with Crippen molar-refractivity contribution in [2.24, 2.45) is 0 Å². The summed E-state index contributed by atoms with van der Waals surface area (Å²) < 4.78 is 11.7. The largest absolute Gasteiger partial charge is 0.444 e. The Balaban J connectivity index is 1.33. The van der Waals surface area contributed by atoms with E-state index < -0.39 is 40.9 Å². The fraction of sp³-hybridized carbons (Fsp3) is 0.577. The monoisotopic (exact) mass is 512 g/mol. The Labute approximate surface area is 215 Å². The van der Waals surface area contributed by atoms with Gasteiger partial charge in [-0.1, -0.05) is 6.07 Å². The number of amides is 5. The van der Waals surface area contributed by atoms with Crippen molar-refractivity contribution in [2.45, 2.75) is 63.7 Å². The zero-order valence-electron chi connectivity index (χ0n) is 21.4. The first-order chi connectivity index (χ1) is 17.5. The highest BCUT2D eigenvalue weighted by molar-refractivity contribution is 6.25. The first kappa shape index (κ1) is 25.2. The molecule has 3 fully saturated rings. The van der Waals surface area contributed by atoms with Crippen LogP contribution in [0.3, 0.4) is 0 Å². The number of anilines is 1. The van der Waals surface area contributed by atoms with Gasteiger partial charge in [-0.25, -0.2) is 4.79 Å². The lowest BCUT2D eigenvalue weighted by Crippen LogP contribution is -2.58. The summed E-state index contributed by atoms with van der Waals surface area (Å²) in [5.41, 5.74) is 0.105. The number of carbonyl (C=O) groups excluding carboxylic acids is 5. The minimum atomic E-state index is -1.01. The maximum absolute atomic E-state index is 13.5. The van der Waals surface area contributed by atoms with E-state index in [1.165, 1.54) is 0 Å². The number of imide groups is 2. The maximum Gasteiger partial charge on any atom is 0.410 e. The molecule has 1 atom stereocenters. The molecular formula is C26H32N4O7. The molecule has 0 aromatic heterocycles. The van der Waals surface area contributed by atoms with E-state index in [0.29, 0.717) is 51.3 Å². The summed E-state index contributed by atoms with van der Waals surface area (Å²) >= 11 is 0. The number of morpholine rings is 1. The summed E-state index contributed by atoms with van der Waals surface area (Å²) in [5.74, 6) is -2.08. The van der Waals surface area contributed by atoms with Gasteiger partial charge in [-0.2, -0.15) is 0 Å². The summed E-state index contributed by atoms with van der Waals surface area (Å²) in [4.78, 5) is 68.0. The second-order valence-electron chi connectivity index (χ2n) is 11.1. The number of nitrogens with zero attached hydrogens (tertiary/aromatic N) is 3. The number of ether oxygens (including phenoxy) is 2. The van der Waals surface area contributed by atoms with Crippen LogP contribution in [0, 0.1) is 0 Å². The summed E-state index contributed by atoms with van der Waals surface area (Å²) in [6.07, 6.45) is 1.08. The standard InChI is InChI=1S/C26H32N4O7/c1-25(2,3)37-24(35)28-11-9-26(10-12-28)15-29(13-14-36-26)17-6-4-5-16-20(17)23(34)30(22(16)33)18-7-8-19(31)27-21(18)32/h4-6,18H,7-15H2,1-3H3,(H,27,31,32). The Morgan fingerprint density at radius 3 is 2.49 bits per heavy atom. The summed E-state index contributed by atoms with van der Waals surface area (Å²) in [6.45, 7) is 7.99. The van der Waals surface area contributed by atoms with Gasteiger partial charge in [0.1, 0.15) is 11.6 Å². The van der Waals surface area contributed by atoms with E-state index in [1.807, 2.05) is 26.8 Å². The van der Waals surface area contributed by atoms with Crippen molar-refractivity contribution in [1.82, 2.24) is 15.1 Å². The van der Waals surface area contributed by atoms with Crippen molar-refractivity contribution in [3.05, 3.63) is 29.3 Å². The Kier molecular flexibility index (Phi) is 6.21. The van der Waals surface area contributed by atoms with Gasteiger partial charge in [0.15, 0.2) is 0 Å². The van der Waals surface area contributed by atoms with Gasteiger partial charge >= 0.3 is 6.09 Å². The predicted molar refractivity (Wildman–Crippen MR) is 131 cm³/mol. The number of fused-ring (bicyclic) bond motifs is 1. The molecule has 5 amide bonds. The van der Waals surface area contributed by atoms with Gasteiger partial charge in [-0.3, -0.25) is 29.4 Å². The second-order valence-corrected chi connectivity index (χ2v) is 11.1. The average molecular weight is 513 g/mol. The summed E-state index contributed by atoms with van der Waals surface area (Å²) in [5, 5.41) is 2.23. The zero-order valence-corrected chi connectivity index (χ0v) is 21.4. The third-order valence-electron chi connectivity index (χ3n) is 7.36. The van der Waals surface area contributed by atoms with Crippen LogP contribution in [0.15, 0.2) is 18.2 Å². The molecule has 11 heteroatoms. The molecule has 3 saturated heterocycles. The van der Waals surface area contributed by atoms with E-state index >= 15 is 0 Å². The highest BCUT2D eigenvalue weighted by Gasteiger charge is 2.47. The van der Waals surface area contributed by atoms with E-state index in [9.17, 15) is 24.0 Å². The Morgan fingerprint density at radius 2 is 1.81 bits per heavy atom. The minimum Gasteiger partial charge on any atom is -0.444 e. The van der Waals surface area contributed by atoms with Gasteiger partial charge in [0.25, 0.3) is 11.8 Å². The number of hydrogen-bond acceptors (Lipinski definition) is 8. The van der Waals surface area contributed by atoms with Crippen molar-refractivity contribution >= 4 is 35.4 Å². The molecule has 37 heavy (non-hydrogen) atoms. The number of likely N-dealkylation sites (tertiary alicyclic amines) is 1. The van der Waals surface area contributed by atoms with Crippen LogP contribution in [0.2, 0.25) is 0 Å². The maximum atomic E-state index is 13.5. The molecule has 1 aromatic carbocycles. The van der Waals surface area contributed by atoms with Crippen LogP contribution in [0.25, 0.3) is 0 Å². The number of nitrogens with one attached hydrogen (secondary N) is 1. The second kappa shape index (κ2) is 9.13. The topological polar surface area (TPSA) is 126 Å². The van der Waals surface area contributed by atoms with Crippen molar-refractivity contribution < 1.29 is 33.4 Å². The Bertz CT molecular complexity index is 1170. The molecule has 4 heterocycles. The number of piperidine rings is 2. The average Bonchev–Trinajstić information content (AvgIpc) is 3.09. The smallest absolute Gasteiger partial charge is 0.410 e. The predicted octanol–water partition coefficient (Wildman–Crippen LogP) is 1.69. The third-order valence-corrected chi connectivity index (χ3v) is 7.36. The molecule has 0 bridgehead atoms. The molecule has 4 aliphatic heterocycles. The molecule has 5 rings (SSSR count). The van der Waals surface area contributed by atoms with E-state index in [-0.39, 0.29) is 30.1 Å². The van der Waals surface area contributed by atoms with E-state index in [1.54, 1.807) is 17.0 Å². The number of carbonyl (C=O) groups is 5. The normalized spacial score (nSPS) is 23.9. The van der Waals surface area contributed by atoms with Crippen LogP contribution in [0.1, 0.15) is 67.2 Å². The van der Waals surface area contributed by atoms with Crippen LogP contribution in [-0.2, 0) is 19.1 Å². The molecule has 4 aliphatic rings. The van der Waals surface area contributed by atoms with Gasteiger partial charge in [0.05, 0.1) is 29.0 Å². The van der Waals surface area contributed by atoms with Crippen molar-refractivity contribution in [3.63, 3.8) is 0 Å². The molecule has 198 valence electrons. The number of rotatable bonds is 2. The highest BCUT2D eigenvalue weighted by atomic mass is 16.6. The molecule has 1 unspecified atom stereocenters. The lowest BCUT2D eigenvalue weighted by Gasteiger charge is -2.48. The number of benzene rings is 1. The van der Waals surface area contributed by atoms with Crippen molar-refractivity contribution in [2.75, 3.05) is 37.7 Å². The van der Waals surface area contributed by atoms with Gasteiger partial charge < -0.3 is 19.3 Å². The molecule has 0 radical (unpaired) electrons. The highest BCUT2D eigenvalue weighted by Crippen LogP contribution is 2.38. The van der Waals surface area contributed by atoms with E-state index in [4.69, 9.17) is 9.47 Å². The number of hydrogen-bond donors (Lipinski definition) is 1. The lowest BCUT2D eigenvalue weighted by molar-refractivity contribution is -0.136. The van der Waals surface area contributed by atoms with E-state index in [0.717, 1.165) is 4.90 Å². The Morgan fingerprint density at radius 1 is 1.08 bits per heavy atom. The van der Waals surface area contributed by atoms with Gasteiger partial charge in [-0.05, 0) is 52.2 Å². The van der Waals surface area contributed by atoms with Crippen LogP contribution >= 0.6 is 0 Å².